The van der Waals surface area contributed by atoms with Crippen LogP contribution in [0.3, 0.4) is 0 Å². The predicted octanol–water partition coefficient (Wildman–Crippen LogP) is 7.21. The molecular formula is C40H54N2O5. The second-order valence-electron chi connectivity index (χ2n) is 14.6. The standard InChI is InChI=1S/C40H54N2O5/c1-4-5-14-24-42(36(45)18-13-8-6-7-10-15-30-16-11-9-12-17-30)33-21-20-32-34-26-31-19-22-35(46-29(3)44)38-37(31)40(32,39(33)47-38)23-25-41(34)27-28(2)43/h9,11-12,16-17,19,22,32-34,39H,4-8,10,13-15,18,20-21,23-27H2,1-3H3/t32-,33+,34+,39-,40-/m0/s1. The minimum atomic E-state index is -0.355. The van der Waals surface area contributed by atoms with E-state index in [1.165, 1.54) is 36.5 Å². The lowest BCUT2D eigenvalue weighted by Crippen LogP contribution is -2.69. The number of ketones is 1. The largest absolute Gasteiger partial charge is 0.483 e. The number of benzene rings is 2. The average molecular weight is 643 g/mol. The second kappa shape index (κ2) is 14.9. The van der Waals surface area contributed by atoms with Gasteiger partial charge in [-0.2, -0.15) is 0 Å². The summed E-state index contributed by atoms with van der Waals surface area (Å²) in [6.45, 7) is 7.40. The molecule has 1 amide bonds. The number of hydrogen-bond acceptors (Lipinski definition) is 6. The molecule has 7 nitrogen and oxygen atoms in total. The number of aryl methyl sites for hydroxylation is 1. The lowest BCUT2D eigenvalue weighted by molar-refractivity contribution is -0.143. The Balaban J connectivity index is 1.20. The Morgan fingerprint density at radius 1 is 0.957 bits per heavy atom. The van der Waals surface area contributed by atoms with Gasteiger partial charge in [0.05, 0.1) is 12.6 Å². The maximum atomic E-state index is 14.1. The molecule has 2 aromatic carbocycles. The topological polar surface area (TPSA) is 76.2 Å². The van der Waals surface area contributed by atoms with Crippen molar-refractivity contribution in [2.45, 2.75) is 134 Å². The summed E-state index contributed by atoms with van der Waals surface area (Å²) in [5.41, 5.74) is 3.61. The van der Waals surface area contributed by atoms with Crippen molar-refractivity contribution in [2.75, 3.05) is 19.6 Å². The molecule has 2 aliphatic heterocycles. The highest BCUT2D eigenvalue weighted by atomic mass is 16.6. The first-order chi connectivity index (χ1) is 22.8. The number of ether oxygens (including phenoxy) is 2. The molecule has 6 rings (SSSR count). The van der Waals surface area contributed by atoms with Gasteiger partial charge >= 0.3 is 5.97 Å². The van der Waals surface area contributed by atoms with Crippen molar-refractivity contribution in [3.63, 3.8) is 0 Å². The lowest BCUT2D eigenvalue weighted by Gasteiger charge is -2.60. The number of hydrogen-bond donors (Lipinski definition) is 0. The minimum Gasteiger partial charge on any atom is -0.483 e. The molecule has 4 aliphatic rings. The zero-order valence-corrected chi connectivity index (χ0v) is 28.8. The summed E-state index contributed by atoms with van der Waals surface area (Å²) in [7, 11) is 0. The maximum absolute atomic E-state index is 14.1. The van der Waals surface area contributed by atoms with E-state index in [9.17, 15) is 14.4 Å². The number of carbonyl (C=O) groups is 3. The molecule has 1 saturated heterocycles. The first-order valence-electron chi connectivity index (χ1n) is 18.4. The van der Waals surface area contributed by atoms with E-state index in [1.807, 2.05) is 6.07 Å². The third-order valence-electron chi connectivity index (χ3n) is 11.5. The summed E-state index contributed by atoms with van der Waals surface area (Å²) in [4.78, 5) is 43.2. The quantitative estimate of drug-likeness (QED) is 0.109. The highest BCUT2D eigenvalue weighted by Gasteiger charge is 2.66. The summed E-state index contributed by atoms with van der Waals surface area (Å²) in [6.07, 6.45) is 13.9. The van der Waals surface area contributed by atoms with E-state index in [0.717, 1.165) is 89.5 Å². The molecular weight excluding hydrogens is 588 g/mol. The number of likely N-dealkylation sites (tertiary alicyclic amines) is 1. The van der Waals surface area contributed by atoms with Crippen molar-refractivity contribution in [3.05, 3.63) is 59.2 Å². The van der Waals surface area contributed by atoms with Crippen LogP contribution in [0.15, 0.2) is 42.5 Å². The van der Waals surface area contributed by atoms with Crippen molar-refractivity contribution >= 4 is 17.7 Å². The zero-order chi connectivity index (χ0) is 33.0. The lowest BCUT2D eigenvalue weighted by atomic mass is 9.51. The van der Waals surface area contributed by atoms with Gasteiger partial charge in [-0.15, -0.1) is 0 Å². The Morgan fingerprint density at radius 2 is 1.74 bits per heavy atom. The highest BCUT2D eigenvalue weighted by molar-refractivity contribution is 5.78. The highest BCUT2D eigenvalue weighted by Crippen LogP contribution is 2.64. The average Bonchev–Trinajstić information content (AvgIpc) is 3.40. The van der Waals surface area contributed by atoms with Crippen LogP contribution in [0.2, 0.25) is 0 Å². The molecule has 2 fully saturated rings. The van der Waals surface area contributed by atoms with E-state index in [1.54, 1.807) is 6.92 Å². The molecule has 2 bridgehead atoms. The van der Waals surface area contributed by atoms with Gasteiger partial charge in [0, 0.05) is 36.9 Å². The van der Waals surface area contributed by atoms with Gasteiger partial charge in [0.2, 0.25) is 5.91 Å². The molecule has 5 atom stereocenters. The van der Waals surface area contributed by atoms with Crippen LogP contribution in [0.25, 0.3) is 0 Å². The van der Waals surface area contributed by atoms with Crippen LogP contribution in [0.4, 0.5) is 0 Å². The summed E-state index contributed by atoms with van der Waals surface area (Å²) >= 11 is 0. The second-order valence-corrected chi connectivity index (χ2v) is 14.6. The first kappa shape index (κ1) is 33.7. The van der Waals surface area contributed by atoms with E-state index >= 15 is 0 Å². The fraction of sp³-hybridized carbons (Fsp3) is 0.625. The molecule has 254 valence electrons. The normalized spacial score (nSPS) is 25.5. The van der Waals surface area contributed by atoms with E-state index in [2.05, 4.69) is 53.1 Å². The number of carbonyl (C=O) groups excluding carboxylic acids is 3. The van der Waals surface area contributed by atoms with Crippen molar-refractivity contribution in [1.82, 2.24) is 9.80 Å². The molecule has 0 aromatic heterocycles. The number of amides is 1. The number of piperidine rings is 1. The van der Waals surface area contributed by atoms with Gasteiger partial charge in [0.1, 0.15) is 11.9 Å². The fourth-order valence-electron chi connectivity index (χ4n) is 9.56. The molecule has 2 heterocycles. The van der Waals surface area contributed by atoms with Gasteiger partial charge in [-0.25, -0.2) is 0 Å². The SMILES string of the molecule is CCCCCN(C(=O)CCCCCCCc1ccccc1)[C@@H]1CC[C@H]2[C@H]3Cc4ccc(OC(C)=O)c5c4[C@@]2(CCN3CC(C)=O)[C@H]1O5. The molecule has 7 heteroatoms. The Bertz CT molecular complexity index is 1430. The van der Waals surface area contributed by atoms with Crippen LogP contribution in [0, 0.1) is 5.92 Å². The Labute approximate surface area is 281 Å². The van der Waals surface area contributed by atoms with Crippen LogP contribution in [-0.2, 0) is 32.6 Å². The molecule has 1 saturated carbocycles. The van der Waals surface area contributed by atoms with Gasteiger partial charge in [-0.1, -0.05) is 75.4 Å². The summed E-state index contributed by atoms with van der Waals surface area (Å²) < 4.78 is 12.8. The van der Waals surface area contributed by atoms with Crippen molar-refractivity contribution in [1.29, 1.82) is 0 Å². The molecule has 0 unspecified atom stereocenters. The summed E-state index contributed by atoms with van der Waals surface area (Å²) in [6, 6.07) is 14.9. The number of nitrogens with zero attached hydrogens (tertiary/aromatic N) is 2. The first-order valence-corrected chi connectivity index (χ1v) is 18.4. The zero-order valence-electron chi connectivity index (χ0n) is 28.8. The van der Waals surface area contributed by atoms with Crippen molar-refractivity contribution < 1.29 is 23.9 Å². The smallest absolute Gasteiger partial charge is 0.308 e. The summed E-state index contributed by atoms with van der Waals surface area (Å²) in [5, 5.41) is 0. The molecule has 1 spiro atoms. The molecule has 0 N–H and O–H groups in total. The van der Waals surface area contributed by atoms with Gasteiger partial charge in [-0.05, 0) is 87.9 Å². The molecule has 0 radical (unpaired) electrons. The van der Waals surface area contributed by atoms with Crippen LogP contribution in [0.1, 0.15) is 115 Å². The minimum absolute atomic E-state index is 0.0231. The Kier molecular flexibility index (Phi) is 10.7. The van der Waals surface area contributed by atoms with Crippen LogP contribution >= 0.6 is 0 Å². The number of esters is 1. The van der Waals surface area contributed by atoms with Crippen LogP contribution < -0.4 is 9.47 Å². The van der Waals surface area contributed by atoms with Gasteiger partial charge in [0.15, 0.2) is 11.5 Å². The van der Waals surface area contributed by atoms with Crippen molar-refractivity contribution in [3.8, 4) is 11.5 Å². The third kappa shape index (κ3) is 6.88. The number of unbranched alkanes of at least 4 members (excludes halogenated alkanes) is 6. The van der Waals surface area contributed by atoms with Crippen molar-refractivity contribution in [2.24, 2.45) is 5.92 Å². The molecule has 47 heavy (non-hydrogen) atoms. The van der Waals surface area contributed by atoms with E-state index in [0.29, 0.717) is 24.6 Å². The van der Waals surface area contributed by atoms with Crippen LogP contribution in [0.5, 0.6) is 11.5 Å². The maximum Gasteiger partial charge on any atom is 0.308 e. The molecule has 2 aromatic rings. The molecule has 2 aliphatic carbocycles. The van der Waals surface area contributed by atoms with E-state index < -0.39 is 0 Å². The van der Waals surface area contributed by atoms with Gasteiger partial charge < -0.3 is 14.4 Å². The number of Topliss-reactive ketones (excluding diaryl/α,β-unsaturated/α-hetero) is 1. The van der Waals surface area contributed by atoms with Gasteiger partial charge in [-0.3, -0.25) is 19.3 Å². The number of rotatable bonds is 16. The fourth-order valence-corrected chi connectivity index (χ4v) is 9.56. The van der Waals surface area contributed by atoms with Gasteiger partial charge in [0.25, 0.3) is 0 Å². The monoisotopic (exact) mass is 642 g/mol. The van der Waals surface area contributed by atoms with Crippen LogP contribution in [-0.4, -0.2) is 65.3 Å². The third-order valence-corrected chi connectivity index (χ3v) is 11.5. The van der Waals surface area contributed by atoms with E-state index in [4.69, 9.17) is 9.47 Å². The predicted molar refractivity (Wildman–Crippen MR) is 184 cm³/mol. The summed E-state index contributed by atoms with van der Waals surface area (Å²) in [5.74, 6) is 1.65. The Morgan fingerprint density at radius 3 is 2.51 bits per heavy atom. The Hall–Kier alpha value is -3.19. The van der Waals surface area contributed by atoms with E-state index in [-0.39, 0.29) is 41.3 Å².